The molecule has 0 atom stereocenters. The van der Waals surface area contributed by atoms with Crippen LogP contribution >= 0.6 is 0 Å². The molecule has 0 saturated carbocycles. The van der Waals surface area contributed by atoms with Gasteiger partial charge in [0.05, 0.1) is 0 Å². The van der Waals surface area contributed by atoms with Gasteiger partial charge in [-0.05, 0) is 37.0 Å². The van der Waals surface area contributed by atoms with Crippen molar-refractivity contribution < 1.29 is 0 Å². The number of anilines is 2. The van der Waals surface area contributed by atoms with E-state index >= 15 is 0 Å². The van der Waals surface area contributed by atoms with Gasteiger partial charge in [-0.2, -0.15) is 0 Å². The van der Waals surface area contributed by atoms with Crippen LogP contribution in [0, 0.1) is 0 Å². The minimum absolute atomic E-state index is 0.961. The van der Waals surface area contributed by atoms with E-state index < -0.39 is 0 Å². The van der Waals surface area contributed by atoms with Crippen LogP contribution in [0.3, 0.4) is 0 Å². The maximum atomic E-state index is 5.97. The molecule has 0 aromatic heterocycles. The van der Waals surface area contributed by atoms with Crippen molar-refractivity contribution >= 4 is 11.4 Å². The fourth-order valence-corrected chi connectivity index (χ4v) is 2.23. The molecule has 2 N–H and O–H groups in total. The van der Waals surface area contributed by atoms with E-state index in [2.05, 4.69) is 24.0 Å². The first-order chi connectivity index (χ1) is 6.83. The number of fused-ring (bicyclic) bond motifs is 1. The molecule has 1 aromatic rings. The molecule has 0 spiro atoms. The zero-order valence-corrected chi connectivity index (χ0v) is 8.79. The second-order valence-electron chi connectivity index (χ2n) is 3.94. The van der Waals surface area contributed by atoms with Gasteiger partial charge in [0.2, 0.25) is 0 Å². The first-order valence-corrected chi connectivity index (χ1v) is 5.45. The zero-order valence-electron chi connectivity index (χ0n) is 8.79. The van der Waals surface area contributed by atoms with Crippen LogP contribution in [-0.4, -0.2) is 13.1 Å². The molecule has 1 aliphatic heterocycles. The molecular weight excluding hydrogens is 172 g/mol. The van der Waals surface area contributed by atoms with E-state index in [1.165, 1.54) is 30.6 Å². The Morgan fingerprint density at radius 2 is 2.29 bits per heavy atom. The molecule has 1 aromatic carbocycles. The fraction of sp³-hybridized carbons (Fsp3) is 0.500. The highest BCUT2D eigenvalue weighted by Gasteiger charge is 2.17. The van der Waals surface area contributed by atoms with Crippen molar-refractivity contribution in [2.75, 3.05) is 23.7 Å². The number of nitrogen functional groups attached to an aromatic ring is 1. The van der Waals surface area contributed by atoms with Gasteiger partial charge in [-0.25, -0.2) is 0 Å². The van der Waals surface area contributed by atoms with Gasteiger partial charge < -0.3 is 10.6 Å². The Labute approximate surface area is 85.7 Å². The molecular formula is C12H18N2. The molecule has 0 amide bonds. The Morgan fingerprint density at radius 1 is 1.43 bits per heavy atom. The van der Waals surface area contributed by atoms with Gasteiger partial charge in [0, 0.05) is 24.5 Å². The fourth-order valence-electron chi connectivity index (χ4n) is 2.23. The van der Waals surface area contributed by atoms with E-state index in [1.807, 2.05) is 6.07 Å². The molecule has 0 bridgehead atoms. The van der Waals surface area contributed by atoms with Gasteiger partial charge in [0.15, 0.2) is 0 Å². The van der Waals surface area contributed by atoms with Crippen molar-refractivity contribution in [3.05, 3.63) is 23.8 Å². The SMILES string of the molecule is CCCN1CCCc2c(N)cccc21. The first kappa shape index (κ1) is 9.38. The largest absolute Gasteiger partial charge is 0.398 e. The highest BCUT2D eigenvalue weighted by molar-refractivity contribution is 5.66. The summed E-state index contributed by atoms with van der Waals surface area (Å²) < 4.78 is 0. The van der Waals surface area contributed by atoms with Crippen molar-refractivity contribution in [1.82, 2.24) is 0 Å². The normalized spacial score (nSPS) is 15.4. The lowest BCUT2D eigenvalue weighted by molar-refractivity contribution is 0.682. The van der Waals surface area contributed by atoms with Gasteiger partial charge in [-0.3, -0.25) is 0 Å². The van der Waals surface area contributed by atoms with E-state index in [-0.39, 0.29) is 0 Å². The highest BCUT2D eigenvalue weighted by Crippen LogP contribution is 2.30. The Bertz CT molecular complexity index is 320. The van der Waals surface area contributed by atoms with Crippen LogP contribution in [0.5, 0.6) is 0 Å². The predicted octanol–water partition coefficient (Wildman–Crippen LogP) is 2.43. The lowest BCUT2D eigenvalue weighted by Crippen LogP contribution is -2.30. The summed E-state index contributed by atoms with van der Waals surface area (Å²) in [5.74, 6) is 0. The third-order valence-corrected chi connectivity index (χ3v) is 2.88. The summed E-state index contributed by atoms with van der Waals surface area (Å²) in [7, 11) is 0. The molecule has 2 heteroatoms. The molecule has 0 unspecified atom stereocenters. The van der Waals surface area contributed by atoms with Gasteiger partial charge in [0.1, 0.15) is 0 Å². The Balaban J connectivity index is 2.34. The minimum Gasteiger partial charge on any atom is -0.398 e. The molecule has 1 aliphatic rings. The summed E-state index contributed by atoms with van der Waals surface area (Å²) in [5.41, 5.74) is 9.65. The Morgan fingerprint density at radius 3 is 3.07 bits per heavy atom. The third-order valence-electron chi connectivity index (χ3n) is 2.88. The summed E-state index contributed by atoms with van der Waals surface area (Å²) in [6, 6.07) is 6.26. The molecule has 0 saturated heterocycles. The number of hydrogen-bond donors (Lipinski definition) is 1. The van der Waals surface area contributed by atoms with Crippen molar-refractivity contribution in [1.29, 1.82) is 0 Å². The quantitative estimate of drug-likeness (QED) is 0.726. The van der Waals surface area contributed by atoms with Gasteiger partial charge in [-0.1, -0.05) is 13.0 Å². The maximum absolute atomic E-state index is 5.97. The standard InChI is InChI=1S/C12H18N2/c1-2-8-14-9-4-5-10-11(13)6-3-7-12(10)14/h3,6-7H,2,4-5,8-9,13H2,1H3. The number of nitrogens with two attached hydrogens (primary N) is 1. The van der Waals surface area contributed by atoms with Crippen molar-refractivity contribution in [3.8, 4) is 0 Å². The van der Waals surface area contributed by atoms with E-state index in [1.54, 1.807) is 0 Å². The van der Waals surface area contributed by atoms with E-state index in [0.717, 1.165) is 18.7 Å². The van der Waals surface area contributed by atoms with Crippen LogP contribution in [0.2, 0.25) is 0 Å². The van der Waals surface area contributed by atoms with E-state index in [4.69, 9.17) is 5.73 Å². The topological polar surface area (TPSA) is 29.3 Å². The summed E-state index contributed by atoms with van der Waals surface area (Å²) >= 11 is 0. The third kappa shape index (κ3) is 1.57. The molecule has 1 heterocycles. The van der Waals surface area contributed by atoms with E-state index in [0.29, 0.717) is 0 Å². The number of nitrogens with zero attached hydrogens (tertiary/aromatic N) is 1. The molecule has 0 radical (unpaired) electrons. The smallest absolute Gasteiger partial charge is 0.0419 e. The van der Waals surface area contributed by atoms with Crippen LogP contribution in [0.1, 0.15) is 25.3 Å². The monoisotopic (exact) mass is 190 g/mol. The lowest BCUT2D eigenvalue weighted by Gasteiger charge is -2.31. The predicted molar refractivity (Wildman–Crippen MR) is 61.7 cm³/mol. The number of benzene rings is 1. The van der Waals surface area contributed by atoms with Gasteiger partial charge >= 0.3 is 0 Å². The van der Waals surface area contributed by atoms with Crippen LogP contribution in [-0.2, 0) is 6.42 Å². The average molecular weight is 190 g/mol. The Kier molecular flexibility index (Phi) is 2.62. The molecule has 0 fully saturated rings. The molecule has 2 rings (SSSR count). The highest BCUT2D eigenvalue weighted by atomic mass is 15.1. The second kappa shape index (κ2) is 3.91. The van der Waals surface area contributed by atoms with Crippen molar-refractivity contribution in [2.45, 2.75) is 26.2 Å². The van der Waals surface area contributed by atoms with Crippen molar-refractivity contribution in [2.24, 2.45) is 0 Å². The Hall–Kier alpha value is -1.18. The van der Waals surface area contributed by atoms with Crippen LogP contribution in [0.25, 0.3) is 0 Å². The molecule has 76 valence electrons. The lowest BCUT2D eigenvalue weighted by atomic mass is 10.00. The first-order valence-electron chi connectivity index (χ1n) is 5.45. The maximum Gasteiger partial charge on any atom is 0.0419 e. The van der Waals surface area contributed by atoms with Crippen LogP contribution < -0.4 is 10.6 Å². The second-order valence-corrected chi connectivity index (χ2v) is 3.94. The van der Waals surface area contributed by atoms with Gasteiger partial charge in [0.25, 0.3) is 0 Å². The molecule has 14 heavy (non-hydrogen) atoms. The van der Waals surface area contributed by atoms with Crippen LogP contribution in [0.15, 0.2) is 18.2 Å². The summed E-state index contributed by atoms with van der Waals surface area (Å²) in [4.78, 5) is 2.45. The molecule has 0 aliphatic carbocycles. The van der Waals surface area contributed by atoms with Crippen LogP contribution in [0.4, 0.5) is 11.4 Å². The molecule has 2 nitrogen and oxygen atoms in total. The zero-order chi connectivity index (χ0) is 9.97. The van der Waals surface area contributed by atoms with Crippen molar-refractivity contribution in [3.63, 3.8) is 0 Å². The minimum atomic E-state index is 0.961. The summed E-state index contributed by atoms with van der Waals surface area (Å²) in [6.07, 6.45) is 3.58. The number of hydrogen-bond acceptors (Lipinski definition) is 2. The number of rotatable bonds is 2. The summed E-state index contributed by atoms with van der Waals surface area (Å²) in [5, 5.41) is 0. The van der Waals surface area contributed by atoms with Gasteiger partial charge in [-0.15, -0.1) is 0 Å². The van der Waals surface area contributed by atoms with E-state index in [9.17, 15) is 0 Å². The summed E-state index contributed by atoms with van der Waals surface area (Å²) in [6.45, 7) is 4.56. The average Bonchev–Trinajstić information content (AvgIpc) is 2.20.